The molecule has 14 nitrogen and oxygen atoms in total. The molecule has 0 amide bonds. The summed E-state index contributed by atoms with van der Waals surface area (Å²) in [5, 5.41) is 45.8. The summed E-state index contributed by atoms with van der Waals surface area (Å²) < 4.78 is 0. The van der Waals surface area contributed by atoms with Crippen molar-refractivity contribution >= 4 is 34.7 Å². The van der Waals surface area contributed by atoms with Crippen LogP contribution in [0, 0.1) is 20.2 Å². The molecular weight excluding hydrogens is 638 g/mol. The standard InChI is InChI=1S/2C12H11N3O2.2C3H6O2.Zn/c2*16-15(17)12-3-1-11(2-4-12)14-9-10-5-7-13-8-6-10;2*1-2-3(4)5;/h2*1-8,14H,9H2;2*2H2,1H3,(H,4,5);/q;;;;+2/p-2. The van der Waals surface area contributed by atoms with E-state index in [1.54, 1.807) is 49.1 Å². The number of pyridine rings is 2. The molecule has 0 aliphatic heterocycles. The Kier molecular flexibility index (Phi) is 20.5. The summed E-state index contributed by atoms with van der Waals surface area (Å²) in [6.45, 7) is 4.41. The van der Waals surface area contributed by atoms with E-state index in [1.165, 1.54) is 38.1 Å². The van der Waals surface area contributed by atoms with Gasteiger partial charge in [-0.25, -0.2) is 0 Å². The van der Waals surface area contributed by atoms with Crippen LogP contribution >= 0.6 is 0 Å². The number of aliphatic carboxylic acids is 2. The molecule has 0 aliphatic carbocycles. The maximum absolute atomic E-state index is 10.5. The van der Waals surface area contributed by atoms with Crippen molar-refractivity contribution < 1.29 is 49.1 Å². The SMILES string of the molecule is CCC(=O)[O-].CCC(=O)[O-].O=[N+]([O-])c1ccc(NCc2ccncc2)cc1.O=[N+]([O-])c1ccc(NCc2ccncc2)cc1.[Zn+2]. The fraction of sp³-hybridized carbons (Fsp3) is 0.200. The van der Waals surface area contributed by atoms with Crippen LogP contribution in [0.15, 0.2) is 97.6 Å². The van der Waals surface area contributed by atoms with Gasteiger partial charge in [0, 0.05) is 85.5 Å². The molecule has 0 saturated carbocycles. The fourth-order valence-corrected chi connectivity index (χ4v) is 2.81. The Labute approximate surface area is 272 Å². The van der Waals surface area contributed by atoms with Gasteiger partial charge in [-0.05, 0) is 72.5 Å². The van der Waals surface area contributed by atoms with Gasteiger partial charge in [-0.3, -0.25) is 30.2 Å². The predicted molar refractivity (Wildman–Crippen MR) is 160 cm³/mol. The van der Waals surface area contributed by atoms with Crippen molar-refractivity contribution in [1.29, 1.82) is 0 Å². The Bertz CT molecular complexity index is 1320. The fourth-order valence-electron chi connectivity index (χ4n) is 2.81. The number of carbonyl (C=O) groups is 2. The van der Waals surface area contributed by atoms with Gasteiger partial charge in [0.1, 0.15) is 0 Å². The largest absolute Gasteiger partial charge is 2.00 e. The van der Waals surface area contributed by atoms with Crippen molar-refractivity contribution in [2.75, 3.05) is 10.6 Å². The van der Waals surface area contributed by atoms with E-state index >= 15 is 0 Å². The Hall–Kier alpha value is -5.30. The third kappa shape index (κ3) is 18.8. The number of hydrogen-bond acceptors (Lipinski definition) is 12. The number of aromatic nitrogens is 2. The second-order valence-electron chi connectivity index (χ2n) is 8.48. The van der Waals surface area contributed by atoms with Crippen LogP contribution in [-0.4, -0.2) is 31.8 Å². The number of non-ortho nitro benzene ring substituents is 2. The van der Waals surface area contributed by atoms with Gasteiger partial charge in [-0.15, -0.1) is 0 Å². The van der Waals surface area contributed by atoms with E-state index in [9.17, 15) is 40.0 Å². The molecule has 15 heteroatoms. The van der Waals surface area contributed by atoms with Crippen LogP contribution < -0.4 is 20.8 Å². The van der Waals surface area contributed by atoms with Crippen molar-refractivity contribution in [2.45, 2.75) is 39.8 Å². The summed E-state index contributed by atoms with van der Waals surface area (Å²) in [6.07, 6.45) is 7.14. The van der Waals surface area contributed by atoms with Gasteiger partial charge in [0.2, 0.25) is 0 Å². The van der Waals surface area contributed by atoms with E-state index in [4.69, 9.17) is 0 Å². The quantitative estimate of drug-likeness (QED) is 0.141. The van der Waals surface area contributed by atoms with Gasteiger partial charge in [0.15, 0.2) is 0 Å². The molecule has 4 aromatic rings. The van der Waals surface area contributed by atoms with E-state index in [0.717, 1.165) is 22.5 Å². The zero-order valence-electron chi connectivity index (χ0n) is 24.8. The smallest absolute Gasteiger partial charge is 0.550 e. The maximum atomic E-state index is 10.5. The van der Waals surface area contributed by atoms with E-state index in [2.05, 4.69) is 20.6 Å². The molecule has 0 saturated heterocycles. The number of nitrogens with one attached hydrogen (secondary N) is 2. The minimum Gasteiger partial charge on any atom is -0.550 e. The van der Waals surface area contributed by atoms with Crippen LogP contribution in [0.4, 0.5) is 22.7 Å². The Morgan fingerprint density at radius 1 is 0.600 bits per heavy atom. The van der Waals surface area contributed by atoms with Crippen LogP contribution in [0.5, 0.6) is 0 Å². The molecule has 0 fully saturated rings. The first-order chi connectivity index (χ1) is 21.0. The Balaban J connectivity index is 0.000000654. The topological polar surface area (TPSA) is 216 Å². The second-order valence-corrected chi connectivity index (χ2v) is 8.48. The van der Waals surface area contributed by atoms with Crippen molar-refractivity contribution in [3.05, 3.63) is 129 Å². The number of nitrogens with zero attached hydrogens (tertiary/aromatic N) is 4. The average molecular weight is 670 g/mol. The molecule has 0 unspecified atom stereocenters. The van der Waals surface area contributed by atoms with E-state index < -0.39 is 21.8 Å². The zero-order chi connectivity index (χ0) is 32.7. The van der Waals surface area contributed by atoms with Crippen LogP contribution in [0.2, 0.25) is 0 Å². The van der Waals surface area contributed by atoms with Crippen LogP contribution in [0.1, 0.15) is 37.8 Å². The molecule has 2 aromatic carbocycles. The summed E-state index contributed by atoms with van der Waals surface area (Å²) >= 11 is 0. The molecule has 0 aliphatic rings. The van der Waals surface area contributed by atoms with Crippen LogP contribution in [-0.2, 0) is 42.2 Å². The minimum absolute atomic E-state index is 0. The molecule has 4 rings (SSSR count). The molecule has 0 atom stereocenters. The van der Waals surface area contributed by atoms with Gasteiger partial charge in [-0.1, -0.05) is 13.8 Å². The number of carbonyl (C=O) groups excluding carboxylic acids is 2. The van der Waals surface area contributed by atoms with Crippen molar-refractivity contribution in [2.24, 2.45) is 0 Å². The molecule has 0 bridgehead atoms. The molecule has 0 spiro atoms. The number of carboxylic acids is 2. The molecule has 45 heavy (non-hydrogen) atoms. The van der Waals surface area contributed by atoms with Gasteiger partial charge < -0.3 is 30.4 Å². The van der Waals surface area contributed by atoms with Crippen LogP contribution in [0.3, 0.4) is 0 Å². The molecular formula is C30H32N6O8Zn. The van der Waals surface area contributed by atoms with E-state index in [1.807, 2.05) is 24.3 Å². The van der Waals surface area contributed by atoms with E-state index in [0.29, 0.717) is 13.1 Å². The van der Waals surface area contributed by atoms with Crippen molar-refractivity contribution in [1.82, 2.24) is 9.97 Å². The molecule has 0 radical (unpaired) electrons. The Morgan fingerprint density at radius 2 is 0.867 bits per heavy atom. The van der Waals surface area contributed by atoms with Gasteiger partial charge in [0.05, 0.1) is 9.85 Å². The first kappa shape index (κ1) is 39.7. The van der Waals surface area contributed by atoms with E-state index in [-0.39, 0.29) is 43.7 Å². The predicted octanol–water partition coefficient (Wildman–Crippen LogP) is 3.49. The first-order valence-electron chi connectivity index (χ1n) is 13.2. The maximum Gasteiger partial charge on any atom is 2.00 e. The molecule has 2 aromatic heterocycles. The summed E-state index contributed by atoms with van der Waals surface area (Å²) in [5.41, 5.74) is 4.12. The number of carboxylic acid groups (broad SMARTS) is 2. The number of benzene rings is 2. The number of anilines is 2. The first-order valence-corrected chi connectivity index (χ1v) is 13.2. The van der Waals surface area contributed by atoms with Crippen LogP contribution in [0.25, 0.3) is 0 Å². The number of hydrogen-bond donors (Lipinski definition) is 2. The number of rotatable bonds is 10. The molecule has 2 heterocycles. The molecule has 2 N–H and O–H groups in total. The minimum atomic E-state index is -0.995. The van der Waals surface area contributed by atoms with Crippen molar-refractivity contribution in [3.8, 4) is 0 Å². The third-order valence-electron chi connectivity index (χ3n) is 5.23. The van der Waals surface area contributed by atoms with Crippen molar-refractivity contribution in [3.63, 3.8) is 0 Å². The molecule has 232 valence electrons. The third-order valence-corrected chi connectivity index (χ3v) is 5.23. The summed E-state index contributed by atoms with van der Waals surface area (Å²) in [5.74, 6) is -1.99. The summed E-state index contributed by atoms with van der Waals surface area (Å²) in [4.78, 5) is 46.5. The van der Waals surface area contributed by atoms with Gasteiger partial charge in [-0.2, -0.15) is 0 Å². The average Bonchev–Trinajstić information content (AvgIpc) is 3.05. The van der Waals surface area contributed by atoms with Gasteiger partial charge in [0.25, 0.3) is 11.4 Å². The summed E-state index contributed by atoms with van der Waals surface area (Å²) in [7, 11) is 0. The number of nitro benzene ring substituents is 2. The second kappa shape index (κ2) is 23.2. The zero-order valence-corrected chi connectivity index (χ0v) is 27.8. The number of nitro groups is 2. The van der Waals surface area contributed by atoms with Gasteiger partial charge >= 0.3 is 19.5 Å². The summed E-state index contributed by atoms with van der Waals surface area (Å²) in [6, 6.07) is 20.4. The Morgan fingerprint density at radius 3 is 1.09 bits per heavy atom. The monoisotopic (exact) mass is 668 g/mol. The normalized spacial score (nSPS) is 9.11.